The van der Waals surface area contributed by atoms with Crippen LogP contribution in [0.15, 0.2) is 0 Å². The molecule has 0 saturated carbocycles. The van der Waals surface area contributed by atoms with Gasteiger partial charge in [-0.2, -0.15) is 0 Å². The van der Waals surface area contributed by atoms with Crippen molar-refractivity contribution in [2.45, 2.75) is 26.3 Å². The molecule has 0 aliphatic carbocycles. The van der Waals surface area contributed by atoms with Crippen LogP contribution in [0.25, 0.3) is 0 Å². The van der Waals surface area contributed by atoms with Gasteiger partial charge >= 0.3 is 0 Å². The quantitative estimate of drug-likeness (QED) is 0.694. The molecular weight excluding hydrogens is 178 g/mol. The van der Waals surface area contributed by atoms with Crippen molar-refractivity contribution >= 4 is 27.5 Å². The van der Waals surface area contributed by atoms with Crippen molar-refractivity contribution in [3.63, 3.8) is 0 Å². The molecule has 66 valence electrons. The molecule has 2 nitrogen and oxygen atoms in total. The highest BCUT2D eigenvalue weighted by Crippen LogP contribution is 2.15. The van der Waals surface area contributed by atoms with Crippen LogP contribution >= 0.6 is 21.6 Å². The molecule has 0 unspecified atom stereocenters. The Hall–Kier alpha value is 0.170. The van der Waals surface area contributed by atoms with Crippen LogP contribution in [-0.2, 0) is 4.79 Å². The molecule has 0 fully saturated rings. The Labute approximate surface area is 76.3 Å². The maximum Gasteiger partial charge on any atom is 0.231 e. The lowest BCUT2D eigenvalue weighted by atomic mass is 10.1. The van der Waals surface area contributed by atoms with Gasteiger partial charge in [0.15, 0.2) is 0 Å². The zero-order chi connectivity index (χ0) is 8.91. The molecular formula is C7H15NOS2. The minimum atomic E-state index is -0.101. The summed E-state index contributed by atoms with van der Waals surface area (Å²) in [6.45, 7) is 5.94. The summed E-state index contributed by atoms with van der Waals surface area (Å²) in [7, 11) is 3.17. The summed E-state index contributed by atoms with van der Waals surface area (Å²) in [6, 6.07) is 0. The van der Waals surface area contributed by atoms with Gasteiger partial charge in [0.2, 0.25) is 5.91 Å². The van der Waals surface area contributed by atoms with E-state index in [-0.39, 0.29) is 11.4 Å². The van der Waals surface area contributed by atoms with E-state index >= 15 is 0 Å². The lowest BCUT2D eigenvalue weighted by Crippen LogP contribution is -2.41. The number of rotatable bonds is 3. The van der Waals surface area contributed by atoms with Crippen molar-refractivity contribution in [1.29, 1.82) is 0 Å². The average molecular weight is 193 g/mol. The van der Waals surface area contributed by atoms with Crippen LogP contribution in [0.3, 0.4) is 0 Å². The van der Waals surface area contributed by atoms with E-state index in [1.807, 2.05) is 27.0 Å². The van der Waals surface area contributed by atoms with E-state index in [0.29, 0.717) is 5.75 Å². The van der Waals surface area contributed by atoms with Gasteiger partial charge in [0.1, 0.15) is 0 Å². The molecule has 0 heterocycles. The van der Waals surface area contributed by atoms with Gasteiger partial charge in [-0.05, 0) is 27.0 Å². The molecule has 1 N–H and O–H groups in total. The van der Waals surface area contributed by atoms with Crippen LogP contribution in [-0.4, -0.2) is 23.5 Å². The summed E-state index contributed by atoms with van der Waals surface area (Å²) in [5.74, 6) is 0.648. The standard InChI is InChI=1S/C7H15NOS2/c1-7(2,3)8-6(9)5-11-10-4/h5H2,1-4H3,(H,8,9). The fourth-order valence-electron chi connectivity index (χ4n) is 0.567. The van der Waals surface area contributed by atoms with Crippen molar-refractivity contribution in [3.05, 3.63) is 0 Å². The number of hydrogen-bond donors (Lipinski definition) is 1. The zero-order valence-corrected chi connectivity index (χ0v) is 9.06. The molecule has 0 rings (SSSR count). The van der Waals surface area contributed by atoms with Crippen LogP contribution in [0.2, 0.25) is 0 Å². The van der Waals surface area contributed by atoms with Gasteiger partial charge in [-0.15, -0.1) is 0 Å². The van der Waals surface area contributed by atoms with E-state index in [1.54, 1.807) is 21.6 Å². The molecule has 0 spiro atoms. The topological polar surface area (TPSA) is 29.1 Å². The Morgan fingerprint density at radius 3 is 2.36 bits per heavy atom. The third-order valence-electron chi connectivity index (χ3n) is 0.822. The zero-order valence-electron chi connectivity index (χ0n) is 7.43. The highest BCUT2D eigenvalue weighted by atomic mass is 33.1. The van der Waals surface area contributed by atoms with Gasteiger partial charge in [0.05, 0.1) is 5.75 Å². The van der Waals surface area contributed by atoms with E-state index in [9.17, 15) is 4.79 Å². The van der Waals surface area contributed by atoms with Crippen LogP contribution < -0.4 is 5.32 Å². The van der Waals surface area contributed by atoms with E-state index in [4.69, 9.17) is 0 Å². The molecule has 0 aromatic rings. The third kappa shape index (κ3) is 8.07. The largest absolute Gasteiger partial charge is 0.351 e. The molecule has 0 aliphatic heterocycles. The van der Waals surface area contributed by atoms with E-state index in [0.717, 1.165) is 0 Å². The lowest BCUT2D eigenvalue weighted by molar-refractivity contribution is -0.119. The van der Waals surface area contributed by atoms with E-state index in [1.165, 1.54) is 0 Å². The maximum atomic E-state index is 11.1. The van der Waals surface area contributed by atoms with E-state index < -0.39 is 0 Å². The number of nitrogens with one attached hydrogen (secondary N) is 1. The summed E-state index contributed by atoms with van der Waals surface area (Å²) in [5, 5.41) is 2.88. The van der Waals surface area contributed by atoms with Gasteiger partial charge < -0.3 is 5.32 Å². The predicted molar refractivity (Wildman–Crippen MR) is 53.9 cm³/mol. The van der Waals surface area contributed by atoms with Crippen LogP contribution in [0, 0.1) is 0 Å². The van der Waals surface area contributed by atoms with Gasteiger partial charge in [-0.25, -0.2) is 0 Å². The predicted octanol–water partition coefficient (Wildman–Crippen LogP) is 1.91. The van der Waals surface area contributed by atoms with E-state index in [2.05, 4.69) is 5.32 Å². The van der Waals surface area contributed by atoms with Crippen molar-refractivity contribution in [1.82, 2.24) is 5.32 Å². The molecule has 11 heavy (non-hydrogen) atoms. The van der Waals surface area contributed by atoms with Crippen molar-refractivity contribution in [2.75, 3.05) is 12.0 Å². The van der Waals surface area contributed by atoms with Gasteiger partial charge in [-0.1, -0.05) is 21.6 Å². The summed E-state index contributed by atoms with van der Waals surface area (Å²) in [5.41, 5.74) is -0.101. The third-order valence-corrected chi connectivity index (χ3v) is 2.50. The molecule has 0 aromatic heterocycles. The minimum Gasteiger partial charge on any atom is -0.351 e. The Morgan fingerprint density at radius 2 is 2.00 bits per heavy atom. The van der Waals surface area contributed by atoms with Gasteiger partial charge in [0.25, 0.3) is 0 Å². The average Bonchev–Trinajstić information content (AvgIpc) is 1.79. The first kappa shape index (κ1) is 11.2. The SMILES string of the molecule is CSSCC(=O)NC(C)(C)C. The molecule has 4 heteroatoms. The fraction of sp³-hybridized carbons (Fsp3) is 0.857. The Balaban J connectivity index is 3.53. The van der Waals surface area contributed by atoms with Crippen molar-refractivity contribution in [3.8, 4) is 0 Å². The second-order valence-corrected chi connectivity index (χ2v) is 5.79. The number of hydrogen-bond acceptors (Lipinski definition) is 3. The fourth-order valence-corrected chi connectivity index (χ4v) is 1.54. The normalized spacial score (nSPS) is 11.3. The second-order valence-electron chi connectivity index (χ2n) is 3.23. The Bertz CT molecular complexity index is 131. The minimum absolute atomic E-state index is 0.101. The number of amides is 1. The van der Waals surface area contributed by atoms with Gasteiger partial charge in [0, 0.05) is 5.54 Å². The molecule has 0 radical (unpaired) electrons. The molecule has 1 amide bonds. The number of carbonyl (C=O) groups is 1. The van der Waals surface area contributed by atoms with Gasteiger partial charge in [-0.3, -0.25) is 4.79 Å². The Morgan fingerprint density at radius 1 is 1.45 bits per heavy atom. The Kier molecular flexibility index (Phi) is 5.01. The molecule has 0 atom stereocenters. The van der Waals surface area contributed by atoms with Crippen LogP contribution in [0.1, 0.15) is 20.8 Å². The van der Waals surface area contributed by atoms with Crippen molar-refractivity contribution in [2.24, 2.45) is 0 Å². The number of carbonyl (C=O) groups excluding carboxylic acids is 1. The summed E-state index contributed by atoms with van der Waals surface area (Å²) < 4.78 is 0. The highest BCUT2D eigenvalue weighted by Gasteiger charge is 2.12. The smallest absolute Gasteiger partial charge is 0.231 e. The first-order chi connectivity index (χ1) is 4.95. The molecule has 0 aliphatic rings. The molecule has 0 saturated heterocycles. The second kappa shape index (κ2) is 4.93. The first-order valence-corrected chi connectivity index (χ1v) is 6.15. The van der Waals surface area contributed by atoms with Crippen LogP contribution in [0.5, 0.6) is 0 Å². The van der Waals surface area contributed by atoms with Crippen LogP contribution in [0.4, 0.5) is 0 Å². The first-order valence-electron chi connectivity index (χ1n) is 3.42. The monoisotopic (exact) mass is 193 g/mol. The summed E-state index contributed by atoms with van der Waals surface area (Å²) >= 11 is 0. The molecule has 0 aromatic carbocycles. The maximum absolute atomic E-state index is 11.1. The summed E-state index contributed by atoms with van der Waals surface area (Å²) in [4.78, 5) is 11.1. The lowest BCUT2D eigenvalue weighted by Gasteiger charge is -2.19. The highest BCUT2D eigenvalue weighted by molar-refractivity contribution is 8.76. The molecule has 0 bridgehead atoms. The van der Waals surface area contributed by atoms with Crippen molar-refractivity contribution < 1.29 is 4.79 Å². The summed E-state index contributed by atoms with van der Waals surface area (Å²) in [6.07, 6.45) is 1.97.